The lowest BCUT2D eigenvalue weighted by atomic mass is 9.85. The summed E-state index contributed by atoms with van der Waals surface area (Å²) < 4.78 is 16.3. The van der Waals surface area contributed by atoms with Crippen LogP contribution in [0.15, 0.2) is 47.6 Å². The quantitative estimate of drug-likeness (QED) is 0.331. The Bertz CT molecular complexity index is 741. The van der Waals surface area contributed by atoms with Gasteiger partial charge in [-0.05, 0) is 26.0 Å². The summed E-state index contributed by atoms with van der Waals surface area (Å²) in [5.74, 6) is -2.09. The number of carbonyl (C=O) groups is 3. The van der Waals surface area contributed by atoms with E-state index in [0.29, 0.717) is 12.0 Å². The van der Waals surface area contributed by atoms with Gasteiger partial charge < -0.3 is 14.2 Å². The molecule has 0 N–H and O–H groups in total. The number of fused-ring (bicyclic) bond motifs is 2. The van der Waals surface area contributed by atoms with E-state index in [1.54, 1.807) is 6.08 Å². The van der Waals surface area contributed by atoms with Crippen molar-refractivity contribution in [3.8, 4) is 0 Å². The molecule has 0 aromatic rings. The van der Waals surface area contributed by atoms with Gasteiger partial charge in [-0.15, -0.1) is 0 Å². The molecule has 2 aliphatic heterocycles. The molecule has 2 bridgehead atoms. The molecule has 1 unspecified atom stereocenters. The molecule has 2 heterocycles. The van der Waals surface area contributed by atoms with Crippen LogP contribution in [0.1, 0.15) is 26.7 Å². The highest BCUT2D eigenvalue weighted by atomic mass is 16.6. The largest absolute Gasteiger partial charge is 0.458 e. The molecule has 0 saturated carbocycles. The average molecular weight is 344 g/mol. The van der Waals surface area contributed by atoms with Crippen molar-refractivity contribution in [2.45, 2.75) is 45.0 Å². The Labute approximate surface area is 145 Å². The van der Waals surface area contributed by atoms with Crippen molar-refractivity contribution in [2.24, 2.45) is 5.92 Å². The van der Waals surface area contributed by atoms with Crippen molar-refractivity contribution in [1.82, 2.24) is 0 Å². The number of hydrogen-bond acceptors (Lipinski definition) is 6. The van der Waals surface area contributed by atoms with Crippen molar-refractivity contribution < 1.29 is 28.6 Å². The molecule has 1 aliphatic carbocycles. The second-order valence-electron chi connectivity index (χ2n) is 6.70. The third-order valence-corrected chi connectivity index (χ3v) is 4.57. The Morgan fingerprint density at radius 3 is 2.60 bits per heavy atom. The van der Waals surface area contributed by atoms with E-state index in [4.69, 9.17) is 14.2 Å². The third kappa shape index (κ3) is 3.29. The minimum absolute atomic E-state index is 0.137. The average Bonchev–Trinajstić information content (AvgIpc) is 2.98. The van der Waals surface area contributed by atoms with Gasteiger partial charge in [-0.3, -0.25) is 0 Å². The van der Waals surface area contributed by atoms with Crippen LogP contribution in [0.4, 0.5) is 0 Å². The molecule has 0 amide bonds. The number of esters is 3. The maximum Gasteiger partial charge on any atom is 0.334 e. The van der Waals surface area contributed by atoms with Crippen LogP contribution < -0.4 is 0 Å². The molecular formula is C19H20O6. The summed E-state index contributed by atoms with van der Waals surface area (Å²) in [4.78, 5) is 36.2. The summed E-state index contributed by atoms with van der Waals surface area (Å²) in [5.41, 5.74) is 1.82. The Balaban J connectivity index is 2.01. The molecule has 3 rings (SSSR count). The first-order valence-electron chi connectivity index (χ1n) is 8.11. The van der Waals surface area contributed by atoms with Gasteiger partial charge in [-0.1, -0.05) is 18.7 Å². The SMILES string of the molecule is C=C(C)C(=O)O[C@H]1CC2=CC(CC(C)=C[C@H]3OC(=O)C(=C)[C@H]13)OC2=O. The van der Waals surface area contributed by atoms with Gasteiger partial charge in [0, 0.05) is 29.6 Å². The van der Waals surface area contributed by atoms with Gasteiger partial charge in [-0.2, -0.15) is 0 Å². The maximum absolute atomic E-state index is 12.1. The molecule has 1 fully saturated rings. The van der Waals surface area contributed by atoms with Crippen LogP contribution in [0, 0.1) is 5.92 Å². The van der Waals surface area contributed by atoms with E-state index in [1.807, 2.05) is 13.0 Å². The normalized spacial score (nSPS) is 31.4. The molecule has 132 valence electrons. The molecule has 4 atom stereocenters. The smallest absolute Gasteiger partial charge is 0.334 e. The lowest BCUT2D eigenvalue weighted by Gasteiger charge is -2.26. The Hall–Kier alpha value is -2.63. The summed E-state index contributed by atoms with van der Waals surface area (Å²) in [6.07, 6.45) is 2.52. The van der Waals surface area contributed by atoms with Gasteiger partial charge >= 0.3 is 17.9 Å². The van der Waals surface area contributed by atoms with Crippen molar-refractivity contribution in [1.29, 1.82) is 0 Å². The predicted octanol–water partition coefficient (Wildman–Crippen LogP) is 2.16. The van der Waals surface area contributed by atoms with E-state index in [9.17, 15) is 14.4 Å². The summed E-state index contributed by atoms with van der Waals surface area (Å²) in [6.45, 7) is 10.8. The van der Waals surface area contributed by atoms with Gasteiger partial charge in [0.25, 0.3) is 0 Å². The van der Waals surface area contributed by atoms with Gasteiger partial charge in [-0.25, -0.2) is 14.4 Å². The molecule has 25 heavy (non-hydrogen) atoms. The van der Waals surface area contributed by atoms with Gasteiger partial charge in [0.15, 0.2) is 0 Å². The number of carbonyl (C=O) groups excluding carboxylic acids is 3. The summed E-state index contributed by atoms with van der Waals surface area (Å²) in [7, 11) is 0. The van der Waals surface area contributed by atoms with E-state index in [1.165, 1.54) is 6.92 Å². The zero-order valence-electron chi connectivity index (χ0n) is 14.2. The first kappa shape index (κ1) is 17.2. The summed E-state index contributed by atoms with van der Waals surface area (Å²) in [6, 6.07) is 0. The van der Waals surface area contributed by atoms with Gasteiger partial charge in [0.1, 0.15) is 18.3 Å². The van der Waals surface area contributed by atoms with E-state index >= 15 is 0 Å². The fourth-order valence-electron chi connectivity index (χ4n) is 3.33. The minimum atomic E-state index is -0.771. The fourth-order valence-corrected chi connectivity index (χ4v) is 3.33. The highest BCUT2D eigenvalue weighted by Gasteiger charge is 2.46. The molecule has 0 aromatic carbocycles. The molecule has 0 radical (unpaired) electrons. The summed E-state index contributed by atoms with van der Waals surface area (Å²) in [5, 5.41) is 0. The number of rotatable bonds is 2. The second-order valence-corrected chi connectivity index (χ2v) is 6.70. The third-order valence-electron chi connectivity index (χ3n) is 4.57. The van der Waals surface area contributed by atoms with Crippen LogP contribution in [0.5, 0.6) is 0 Å². The predicted molar refractivity (Wildman–Crippen MR) is 88.2 cm³/mol. The van der Waals surface area contributed by atoms with Crippen LogP contribution in [-0.2, 0) is 28.6 Å². The maximum atomic E-state index is 12.1. The fraction of sp³-hybridized carbons (Fsp3) is 0.421. The highest BCUT2D eigenvalue weighted by Crippen LogP contribution is 2.38. The van der Waals surface area contributed by atoms with Gasteiger partial charge in [0.2, 0.25) is 0 Å². The molecule has 6 nitrogen and oxygen atoms in total. The summed E-state index contributed by atoms with van der Waals surface area (Å²) >= 11 is 0. The van der Waals surface area contributed by atoms with Crippen LogP contribution in [0.25, 0.3) is 0 Å². The number of hydrogen-bond donors (Lipinski definition) is 0. The topological polar surface area (TPSA) is 78.9 Å². The molecule has 1 saturated heterocycles. The zero-order valence-corrected chi connectivity index (χ0v) is 14.2. The van der Waals surface area contributed by atoms with Crippen LogP contribution >= 0.6 is 0 Å². The Kier molecular flexibility index (Phi) is 4.37. The highest BCUT2D eigenvalue weighted by molar-refractivity contribution is 5.93. The molecule has 3 aliphatic rings. The first-order valence-corrected chi connectivity index (χ1v) is 8.11. The van der Waals surface area contributed by atoms with Crippen LogP contribution in [-0.4, -0.2) is 36.2 Å². The van der Waals surface area contributed by atoms with E-state index in [0.717, 1.165) is 5.57 Å². The lowest BCUT2D eigenvalue weighted by molar-refractivity contribution is -0.148. The second kappa shape index (κ2) is 6.35. The minimum Gasteiger partial charge on any atom is -0.458 e. The standard InChI is InChI=1S/C19H20O6/c1-9(2)17(20)24-15-8-12-7-13(23-19(12)22)5-10(3)6-14-16(15)11(4)18(21)25-14/h6-7,13-16H,1,4-5,8H2,2-3H3/t13?,14-,15+,16+/m1/s1. The van der Waals surface area contributed by atoms with Crippen molar-refractivity contribution in [3.05, 3.63) is 47.6 Å². The Morgan fingerprint density at radius 1 is 1.20 bits per heavy atom. The first-order chi connectivity index (χ1) is 11.8. The number of ether oxygens (including phenoxy) is 3. The molecule has 0 aromatic heterocycles. The van der Waals surface area contributed by atoms with Crippen molar-refractivity contribution >= 4 is 17.9 Å². The molecular weight excluding hydrogens is 324 g/mol. The van der Waals surface area contributed by atoms with E-state index in [2.05, 4.69) is 13.2 Å². The van der Waals surface area contributed by atoms with E-state index in [-0.39, 0.29) is 23.7 Å². The lowest BCUT2D eigenvalue weighted by Crippen LogP contribution is -2.34. The van der Waals surface area contributed by atoms with Crippen LogP contribution in [0.3, 0.4) is 0 Å². The van der Waals surface area contributed by atoms with Crippen molar-refractivity contribution in [2.75, 3.05) is 0 Å². The Morgan fingerprint density at radius 2 is 1.92 bits per heavy atom. The molecule has 6 heteroatoms. The van der Waals surface area contributed by atoms with E-state index < -0.39 is 36.0 Å². The van der Waals surface area contributed by atoms with Gasteiger partial charge in [0.05, 0.1) is 5.92 Å². The monoisotopic (exact) mass is 344 g/mol. The van der Waals surface area contributed by atoms with Crippen LogP contribution in [0.2, 0.25) is 0 Å². The zero-order chi connectivity index (χ0) is 18.3. The van der Waals surface area contributed by atoms with Crippen molar-refractivity contribution in [3.63, 3.8) is 0 Å². The molecule has 0 spiro atoms.